The van der Waals surface area contributed by atoms with Gasteiger partial charge in [-0.25, -0.2) is 14.6 Å². The highest BCUT2D eigenvalue weighted by molar-refractivity contribution is 9.10. The second-order valence-electron chi connectivity index (χ2n) is 14.7. The van der Waals surface area contributed by atoms with E-state index in [-0.39, 0.29) is 55.8 Å². The van der Waals surface area contributed by atoms with E-state index in [0.29, 0.717) is 38.9 Å². The largest absolute Gasteiger partial charge is 0.449 e. The first-order valence-corrected chi connectivity index (χ1v) is 20.4. The van der Waals surface area contributed by atoms with Gasteiger partial charge in [0.25, 0.3) is 0 Å². The fourth-order valence-corrected chi connectivity index (χ4v) is 7.44. The Hall–Kier alpha value is -5.05. The number of benzene rings is 3. The van der Waals surface area contributed by atoms with E-state index in [2.05, 4.69) is 31.7 Å². The van der Waals surface area contributed by atoms with Gasteiger partial charge in [0.15, 0.2) is 0 Å². The SMILES string of the molecule is CCC(COC(N)=O)CC(=O)NN(Cc1ccc(Br)cc1)C[C@H](O)[C@H](Cc1ccccc1)NC(=O)[C@H]([C@@H](C)CC)N1CCN(Cc2ccnc3ccccc23)C1=O. The quantitative estimate of drug-likeness (QED) is 0.0812. The number of carbonyl (C=O) groups is 4. The van der Waals surface area contributed by atoms with Crippen LogP contribution in [-0.2, 0) is 33.8 Å². The van der Waals surface area contributed by atoms with Crippen molar-refractivity contribution < 1.29 is 29.0 Å². The van der Waals surface area contributed by atoms with Crippen LogP contribution in [0.5, 0.6) is 0 Å². The Labute approximate surface area is 343 Å². The van der Waals surface area contributed by atoms with Crippen LogP contribution in [0.3, 0.4) is 0 Å². The summed E-state index contributed by atoms with van der Waals surface area (Å²) >= 11 is 3.47. The number of hydrogen-bond donors (Lipinski definition) is 4. The first kappa shape index (κ1) is 43.1. The maximum Gasteiger partial charge on any atom is 0.404 e. The summed E-state index contributed by atoms with van der Waals surface area (Å²) in [5.41, 5.74) is 11.7. The predicted molar refractivity (Wildman–Crippen MR) is 222 cm³/mol. The first-order valence-electron chi connectivity index (χ1n) is 19.6. The Morgan fingerprint density at radius 3 is 2.39 bits per heavy atom. The van der Waals surface area contributed by atoms with Gasteiger partial charge < -0.3 is 30.7 Å². The van der Waals surface area contributed by atoms with Gasteiger partial charge in [0.1, 0.15) is 6.04 Å². The highest BCUT2D eigenvalue weighted by Crippen LogP contribution is 2.25. The number of rotatable bonds is 20. The minimum atomic E-state index is -1.14. The number of primary amides is 1. The minimum Gasteiger partial charge on any atom is -0.449 e. The van der Waals surface area contributed by atoms with Crippen LogP contribution >= 0.6 is 15.9 Å². The van der Waals surface area contributed by atoms with Crippen molar-refractivity contribution in [2.75, 3.05) is 26.2 Å². The molecule has 3 aromatic carbocycles. The van der Waals surface area contributed by atoms with Gasteiger partial charge >= 0.3 is 12.1 Å². The highest BCUT2D eigenvalue weighted by Gasteiger charge is 2.41. The summed E-state index contributed by atoms with van der Waals surface area (Å²) in [5, 5.41) is 17.8. The van der Waals surface area contributed by atoms with Crippen LogP contribution in [0.2, 0.25) is 0 Å². The lowest BCUT2D eigenvalue weighted by molar-refractivity contribution is -0.131. The molecule has 304 valence electrons. The van der Waals surface area contributed by atoms with E-state index in [4.69, 9.17) is 10.5 Å². The molecule has 57 heavy (non-hydrogen) atoms. The average Bonchev–Trinajstić information content (AvgIpc) is 3.55. The van der Waals surface area contributed by atoms with E-state index in [1.165, 1.54) is 0 Å². The number of para-hydroxylation sites is 1. The first-order chi connectivity index (χ1) is 27.4. The molecule has 1 unspecified atom stereocenters. The van der Waals surface area contributed by atoms with E-state index in [1.807, 2.05) is 106 Å². The number of amides is 5. The summed E-state index contributed by atoms with van der Waals surface area (Å²) < 4.78 is 5.86. The normalized spacial score (nSPS) is 15.6. The maximum atomic E-state index is 14.5. The van der Waals surface area contributed by atoms with Crippen molar-refractivity contribution in [3.05, 3.63) is 112 Å². The van der Waals surface area contributed by atoms with Crippen molar-refractivity contribution in [1.82, 2.24) is 30.5 Å². The van der Waals surface area contributed by atoms with E-state index < -0.39 is 24.3 Å². The number of carbonyl (C=O) groups excluding carboxylic acids is 4. The number of aliphatic hydroxyl groups excluding tert-OH is 1. The molecule has 5 atom stereocenters. The van der Waals surface area contributed by atoms with Crippen molar-refractivity contribution in [2.45, 2.75) is 77.7 Å². The Bertz CT molecular complexity index is 1950. The Kier molecular flexibility index (Phi) is 15.8. The molecule has 0 bridgehead atoms. The number of urea groups is 1. The van der Waals surface area contributed by atoms with Gasteiger partial charge in [-0.15, -0.1) is 0 Å². The zero-order valence-electron chi connectivity index (χ0n) is 32.9. The van der Waals surface area contributed by atoms with Gasteiger partial charge in [-0.05, 0) is 59.7 Å². The van der Waals surface area contributed by atoms with Crippen LogP contribution in [-0.4, -0.2) is 93.3 Å². The molecule has 5 amide bonds. The lowest BCUT2D eigenvalue weighted by Gasteiger charge is -2.35. The lowest BCUT2D eigenvalue weighted by Crippen LogP contribution is -2.58. The zero-order valence-corrected chi connectivity index (χ0v) is 34.4. The third-order valence-corrected chi connectivity index (χ3v) is 11.1. The predicted octanol–water partition coefficient (Wildman–Crippen LogP) is 5.78. The summed E-state index contributed by atoms with van der Waals surface area (Å²) in [5.74, 6) is -1.11. The number of hydrogen-bond acceptors (Lipinski definition) is 8. The van der Waals surface area contributed by atoms with Crippen LogP contribution in [0.25, 0.3) is 10.9 Å². The molecule has 0 aliphatic carbocycles. The molecule has 0 radical (unpaired) electrons. The summed E-state index contributed by atoms with van der Waals surface area (Å²) in [6, 6.07) is 25.2. The molecule has 14 heteroatoms. The van der Waals surface area contributed by atoms with Gasteiger partial charge in [-0.1, -0.05) is 104 Å². The van der Waals surface area contributed by atoms with Crippen molar-refractivity contribution >= 4 is 50.8 Å². The third kappa shape index (κ3) is 12.2. The summed E-state index contributed by atoms with van der Waals surface area (Å²) in [7, 11) is 0. The second-order valence-corrected chi connectivity index (χ2v) is 15.7. The molecule has 4 aromatic rings. The van der Waals surface area contributed by atoms with Crippen LogP contribution in [0.4, 0.5) is 9.59 Å². The van der Waals surface area contributed by atoms with Gasteiger partial charge in [0.2, 0.25) is 11.8 Å². The molecule has 1 aliphatic rings. The summed E-state index contributed by atoms with van der Waals surface area (Å²) in [6.45, 7) is 7.33. The molecule has 0 saturated carbocycles. The fraction of sp³-hybridized carbons (Fsp3) is 0.419. The number of nitrogens with one attached hydrogen (secondary N) is 2. The molecule has 5 rings (SSSR count). The number of hydrazine groups is 1. The van der Waals surface area contributed by atoms with Gasteiger partial charge in [-0.2, -0.15) is 0 Å². The lowest BCUT2D eigenvalue weighted by atomic mass is 9.95. The van der Waals surface area contributed by atoms with E-state index in [0.717, 1.165) is 32.1 Å². The second kappa shape index (κ2) is 20.9. The van der Waals surface area contributed by atoms with Crippen molar-refractivity contribution in [3.63, 3.8) is 0 Å². The standard InChI is InChI=1S/C43H54BrN7O6/c1-4-29(3)40(51-22-21-49(43(51)56)26-33-19-20-46-36-14-10-9-13-35(33)36)41(54)47-37(23-31-11-7-6-8-12-31)38(52)27-50(25-32-15-17-34(44)18-16-32)48-39(53)24-30(5-2)28-57-42(45)55/h6-20,29-30,37-38,40,52H,4-5,21-28H2,1-3H3,(H2,45,55)(H,47,54)(H,48,53)/t29-,30?,37-,38-,40-/m0/s1. The van der Waals surface area contributed by atoms with Crippen molar-refractivity contribution in [3.8, 4) is 0 Å². The Morgan fingerprint density at radius 2 is 1.68 bits per heavy atom. The number of aromatic nitrogens is 1. The molecule has 1 fully saturated rings. The number of aliphatic hydroxyl groups is 1. The Balaban J connectivity index is 1.35. The van der Waals surface area contributed by atoms with Crippen LogP contribution in [0.1, 0.15) is 56.7 Å². The number of pyridine rings is 1. The van der Waals surface area contributed by atoms with Gasteiger partial charge in [0.05, 0.1) is 24.3 Å². The smallest absolute Gasteiger partial charge is 0.404 e. The van der Waals surface area contributed by atoms with Gasteiger partial charge in [-0.3, -0.25) is 20.0 Å². The Morgan fingerprint density at radius 1 is 0.965 bits per heavy atom. The van der Waals surface area contributed by atoms with Crippen LogP contribution in [0.15, 0.2) is 95.6 Å². The van der Waals surface area contributed by atoms with Crippen molar-refractivity contribution in [2.24, 2.45) is 17.6 Å². The van der Waals surface area contributed by atoms with Crippen LogP contribution in [0, 0.1) is 11.8 Å². The molecule has 1 aromatic heterocycles. The molecule has 0 spiro atoms. The number of nitrogens with two attached hydrogens (primary N) is 1. The molecule has 5 N–H and O–H groups in total. The topological polar surface area (TPSA) is 170 Å². The van der Waals surface area contributed by atoms with Crippen molar-refractivity contribution in [1.29, 1.82) is 0 Å². The number of nitrogens with zero attached hydrogens (tertiary/aromatic N) is 4. The average molecular weight is 845 g/mol. The molecular formula is C43H54BrN7O6. The van der Waals surface area contributed by atoms with E-state index in [9.17, 15) is 24.3 Å². The fourth-order valence-electron chi connectivity index (χ4n) is 7.17. The highest BCUT2D eigenvalue weighted by atomic mass is 79.9. The zero-order chi connectivity index (χ0) is 40.9. The summed E-state index contributed by atoms with van der Waals surface area (Å²) in [4.78, 5) is 61.1. The maximum absolute atomic E-state index is 14.5. The van der Waals surface area contributed by atoms with E-state index >= 15 is 0 Å². The molecular weight excluding hydrogens is 790 g/mol. The number of ether oxygens (including phenoxy) is 1. The molecule has 1 saturated heterocycles. The molecule has 2 heterocycles. The van der Waals surface area contributed by atoms with Crippen LogP contribution < -0.4 is 16.5 Å². The monoisotopic (exact) mass is 843 g/mol. The molecule has 1 aliphatic heterocycles. The summed E-state index contributed by atoms with van der Waals surface area (Å²) in [6.07, 6.45) is 1.30. The van der Waals surface area contributed by atoms with Gasteiger partial charge in [0, 0.05) is 61.1 Å². The van der Waals surface area contributed by atoms with E-state index in [1.54, 1.807) is 21.0 Å². The minimum absolute atomic E-state index is 0.00897. The number of halogens is 1. The third-order valence-electron chi connectivity index (χ3n) is 10.6. The number of fused-ring (bicyclic) bond motifs is 1. The molecule has 13 nitrogen and oxygen atoms in total.